The molecule has 1 N–H and O–H groups in total. The van der Waals surface area contributed by atoms with Crippen molar-refractivity contribution in [1.82, 2.24) is 29.8 Å². The summed E-state index contributed by atoms with van der Waals surface area (Å²) in [7, 11) is 0. The van der Waals surface area contributed by atoms with E-state index < -0.39 is 0 Å². The normalized spacial score (nSPS) is 11.0. The molecule has 0 aliphatic heterocycles. The first kappa shape index (κ1) is 14.4. The van der Waals surface area contributed by atoms with Crippen molar-refractivity contribution in [1.29, 1.82) is 0 Å². The van der Waals surface area contributed by atoms with Crippen molar-refractivity contribution < 1.29 is 0 Å². The Morgan fingerprint density at radius 3 is 2.67 bits per heavy atom. The molecule has 0 aliphatic rings. The molecule has 0 saturated carbocycles. The quantitative estimate of drug-likeness (QED) is 0.611. The number of aromatic nitrogens is 6. The standard InChI is InChI=1S/C17H17N7/c1-13-19-15-9-5-6-10-16(15)23(13)12-11-18-17-20-21-22-24(17)14-7-3-2-4-8-14/h2-10H,11-12H2,1H3,(H,18,20,22). The van der Waals surface area contributed by atoms with Gasteiger partial charge in [-0.25, -0.2) is 4.98 Å². The lowest BCUT2D eigenvalue weighted by atomic mass is 10.3. The number of hydrogen-bond acceptors (Lipinski definition) is 5. The van der Waals surface area contributed by atoms with Crippen LogP contribution < -0.4 is 5.32 Å². The topological polar surface area (TPSA) is 73.5 Å². The molecule has 0 aliphatic carbocycles. The first-order valence-corrected chi connectivity index (χ1v) is 7.82. The van der Waals surface area contributed by atoms with E-state index in [1.54, 1.807) is 4.68 Å². The average Bonchev–Trinajstić information content (AvgIpc) is 3.20. The second kappa shape index (κ2) is 6.11. The number of para-hydroxylation sites is 3. The molecule has 0 amide bonds. The zero-order valence-electron chi connectivity index (χ0n) is 13.3. The molecular weight excluding hydrogens is 302 g/mol. The molecule has 4 aromatic rings. The highest BCUT2D eigenvalue weighted by atomic mass is 15.6. The summed E-state index contributed by atoms with van der Waals surface area (Å²) in [5.74, 6) is 1.63. The highest BCUT2D eigenvalue weighted by Gasteiger charge is 2.09. The second-order valence-electron chi connectivity index (χ2n) is 5.48. The summed E-state index contributed by atoms with van der Waals surface area (Å²) >= 11 is 0. The predicted molar refractivity (Wildman–Crippen MR) is 92.1 cm³/mol. The number of rotatable bonds is 5. The van der Waals surface area contributed by atoms with Crippen LogP contribution in [0.15, 0.2) is 54.6 Å². The van der Waals surface area contributed by atoms with Crippen molar-refractivity contribution in [3.05, 3.63) is 60.4 Å². The molecule has 24 heavy (non-hydrogen) atoms. The van der Waals surface area contributed by atoms with Crippen LogP contribution in [-0.2, 0) is 6.54 Å². The minimum atomic E-state index is 0.628. The van der Waals surface area contributed by atoms with Crippen LogP contribution in [0.3, 0.4) is 0 Å². The van der Waals surface area contributed by atoms with Gasteiger partial charge in [-0.15, -0.1) is 0 Å². The van der Waals surface area contributed by atoms with Crippen LogP contribution in [-0.4, -0.2) is 36.3 Å². The number of benzene rings is 2. The summed E-state index contributed by atoms with van der Waals surface area (Å²) in [4.78, 5) is 4.58. The zero-order valence-corrected chi connectivity index (χ0v) is 13.3. The van der Waals surface area contributed by atoms with Gasteiger partial charge < -0.3 is 9.88 Å². The van der Waals surface area contributed by atoms with Gasteiger partial charge in [-0.05, 0) is 41.6 Å². The van der Waals surface area contributed by atoms with Gasteiger partial charge in [-0.1, -0.05) is 35.4 Å². The van der Waals surface area contributed by atoms with Crippen LogP contribution in [0.25, 0.3) is 16.7 Å². The summed E-state index contributed by atoms with van der Waals surface area (Å²) in [5.41, 5.74) is 3.08. The molecule has 0 radical (unpaired) electrons. The number of imidazole rings is 1. The summed E-state index contributed by atoms with van der Waals surface area (Å²) in [6.45, 7) is 3.51. The SMILES string of the molecule is Cc1nc2ccccc2n1CCNc1nnnn1-c1ccccc1. The monoisotopic (exact) mass is 319 g/mol. The Kier molecular flexibility index (Phi) is 3.66. The largest absolute Gasteiger partial charge is 0.351 e. The molecule has 2 heterocycles. The van der Waals surface area contributed by atoms with Crippen LogP contribution in [0.4, 0.5) is 5.95 Å². The van der Waals surface area contributed by atoms with Gasteiger partial charge in [-0.2, -0.15) is 4.68 Å². The Balaban J connectivity index is 1.50. The Bertz CT molecular complexity index is 955. The van der Waals surface area contributed by atoms with Gasteiger partial charge in [0.25, 0.3) is 0 Å². The van der Waals surface area contributed by atoms with E-state index in [1.807, 2.05) is 55.5 Å². The number of hydrogen-bond donors (Lipinski definition) is 1. The molecule has 4 rings (SSSR count). The van der Waals surface area contributed by atoms with Gasteiger partial charge in [0.05, 0.1) is 16.7 Å². The molecule has 0 bridgehead atoms. The minimum absolute atomic E-state index is 0.628. The molecule has 0 saturated heterocycles. The van der Waals surface area contributed by atoms with Crippen molar-refractivity contribution in [2.75, 3.05) is 11.9 Å². The fourth-order valence-corrected chi connectivity index (χ4v) is 2.80. The summed E-state index contributed by atoms with van der Waals surface area (Å²) in [5, 5.41) is 15.2. The van der Waals surface area contributed by atoms with E-state index >= 15 is 0 Å². The van der Waals surface area contributed by atoms with E-state index in [4.69, 9.17) is 0 Å². The summed E-state index contributed by atoms with van der Waals surface area (Å²) < 4.78 is 3.89. The maximum absolute atomic E-state index is 4.58. The van der Waals surface area contributed by atoms with Gasteiger partial charge in [0.1, 0.15) is 5.82 Å². The lowest BCUT2D eigenvalue weighted by Gasteiger charge is -2.09. The Hall–Kier alpha value is -3.22. The molecule has 120 valence electrons. The highest BCUT2D eigenvalue weighted by molar-refractivity contribution is 5.75. The minimum Gasteiger partial charge on any atom is -0.351 e. The number of anilines is 1. The van der Waals surface area contributed by atoms with Gasteiger partial charge in [0, 0.05) is 13.1 Å². The van der Waals surface area contributed by atoms with Crippen LogP contribution in [0.2, 0.25) is 0 Å². The third-order valence-corrected chi connectivity index (χ3v) is 3.93. The first-order chi connectivity index (χ1) is 11.8. The van der Waals surface area contributed by atoms with E-state index in [-0.39, 0.29) is 0 Å². The van der Waals surface area contributed by atoms with Gasteiger partial charge in [-0.3, -0.25) is 0 Å². The van der Waals surface area contributed by atoms with Crippen molar-refractivity contribution in [3.63, 3.8) is 0 Å². The molecular formula is C17H17N7. The van der Waals surface area contributed by atoms with E-state index in [0.29, 0.717) is 12.5 Å². The molecule has 0 spiro atoms. The molecule has 0 fully saturated rings. The number of nitrogens with zero attached hydrogens (tertiary/aromatic N) is 6. The maximum Gasteiger partial charge on any atom is 0.247 e. The predicted octanol–water partition coefficient (Wildman–Crippen LogP) is 2.43. The van der Waals surface area contributed by atoms with Crippen molar-refractivity contribution in [2.45, 2.75) is 13.5 Å². The number of nitrogens with one attached hydrogen (secondary N) is 1. The summed E-state index contributed by atoms with van der Waals surface area (Å²) in [6.07, 6.45) is 0. The number of fused-ring (bicyclic) bond motifs is 1. The Morgan fingerprint density at radius 1 is 1.00 bits per heavy atom. The fraction of sp³-hybridized carbons (Fsp3) is 0.176. The molecule has 2 aromatic carbocycles. The Morgan fingerprint density at radius 2 is 1.79 bits per heavy atom. The van der Waals surface area contributed by atoms with Gasteiger partial charge in [0.2, 0.25) is 5.95 Å². The Labute approximate surface area is 138 Å². The number of tetrazole rings is 1. The third-order valence-electron chi connectivity index (χ3n) is 3.93. The second-order valence-corrected chi connectivity index (χ2v) is 5.48. The third kappa shape index (κ3) is 2.60. The fourth-order valence-electron chi connectivity index (χ4n) is 2.80. The average molecular weight is 319 g/mol. The lowest BCUT2D eigenvalue weighted by molar-refractivity contribution is 0.714. The van der Waals surface area contributed by atoms with E-state index in [2.05, 4.69) is 36.5 Å². The van der Waals surface area contributed by atoms with Crippen LogP contribution in [0.5, 0.6) is 0 Å². The van der Waals surface area contributed by atoms with E-state index in [9.17, 15) is 0 Å². The van der Waals surface area contributed by atoms with Crippen molar-refractivity contribution >= 4 is 17.0 Å². The molecule has 2 aromatic heterocycles. The van der Waals surface area contributed by atoms with Gasteiger partial charge in [0.15, 0.2) is 0 Å². The zero-order chi connectivity index (χ0) is 16.4. The van der Waals surface area contributed by atoms with E-state index in [0.717, 1.165) is 29.1 Å². The first-order valence-electron chi connectivity index (χ1n) is 7.82. The van der Waals surface area contributed by atoms with Crippen LogP contribution in [0.1, 0.15) is 5.82 Å². The maximum atomic E-state index is 4.58. The lowest BCUT2D eigenvalue weighted by Crippen LogP contribution is -2.14. The summed E-state index contributed by atoms with van der Waals surface area (Å²) in [6, 6.07) is 18.0. The van der Waals surface area contributed by atoms with Gasteiger partial charge >= 0.3 is 0 Å². The molecule has 7 nitrogen and oxygen atoms in total. The smallest absolute Gasteiger partial charge is 0.247 e. The molecule has 7 heteroatoms. The molecule has 0 unspecified atom stereocenters. The van der Waals surface area contributed by atoms with E-state index in [1.165, 1.54) is 0 Å². The van der Waals surface area contributed by atoms with Crippen LogP contribution in [0, 0.1) is 6.92 Å². The van der Waals surface area contributed by atoms with Crippen molar-refractivity contribution in [2.24, 2.45) is 0 Å². The molecule has 0 atom stereocenters. The number of aryl methyl sites for hydroxylation is 1. The highest BCUT2D eigenvalue weighted by Crippen LogP contribution is 2.15. The van der Waals surface area contributed by atoms with Crippen molar-refractivity contribution in [3.8, 4) is 5.69 Å². The van der Waals surface area contributed by atoms with Crippen LogP contribution >= 0.6 is 0 Å².